The van der Waals surface area contributed by atoms with Crippen LogP contribution in [-0.2, 0) is 20.6 Å². The zero-order valence-corrected chi connectivity index (χ0v) is 19.6. The molecule has 11 heteroatoms. The summed E-state index contributed by atoms with van der Waals surface area (Å²) < 4.78 is 9.14. The highest BCUT2D eigenvalue weighted by Gasteiger charge is 2.20. The molecule has 4 aromatic rings. The Bertz CT molecular complexity index is 1490. The van der Waals surface area contributed by atoms with Crippen molar-refractivity contribution in [1.29, 1.82) is 0 Å². The molecule has 0 fully saturated rings. The number of anilines is 1. The second-order valence-corrected chi connectivity index (χ2v) is 8.12. The lowest BCUT2D eigenvalue weighted by Crippen LogP contribution is -2.37. The quantitative estimate of drug-likeness (QED) is 0.333. The lowest BCUT2D eigenvalue weighted by atomic mass is 10.2. The van der Waals surface area contributed by atoms with Gasteiger partial charge in [-0.3, -0.25) is 18.5 Å². The molecular weight excluding hydrogens is 467 g/mol. The van der Waals surface area contributed by atoms with Gasteiger partial charge in [0, 0.05) is 24.1 Å². The number of nitrogens with one attached hydrogen (secondary N) is 1. The largest absolute Gasteiger partial charge is 0.497 e. The number of benzene rings is 2. The molecule has 0 saturated carbocycles. The van der Waals surface area contributed by atoms with Gasteiger partial charge in [-0.05, 0) is 47.5 Å². The van der Waals surface area contributed by atoms with Crippen LogP contribution in [0.25, 0.3) is 11.2 Å². The first-order valence-electron chi connectivity index (χ1n) is 9.83. The normalized spacial score (nSPS) is 11.4. The number of hydrogen-bond donors (Lipinski definition) is 1. The van der Waals surface area contributed by atoms with E-state index in [9.17, 15) is 9.59 Å². The zero-order valence-electron chi connectivity index (χ0n) is 18.0. The van der Waals surface area contributed by atoms with E-state index in [1.54, 1.807) is 43.1 Å². The minimum atomic E-state index is -0.477. The number of aromatic nitrogens is 4. The van der Waals surface area contributed by atoms with Crippen molar-refractivity contribution in [3.8, 4) is 5.75 Å². The number of imidazole rings is 1. The molecular formula is C22H20Cl2N6O3. The van der Waals surface area contributed by atoms with Gasteiger partial charge in [0.15, 0.2) is 11.2 Å². The number of fused-ring (bicyclic) bond motifs is 1. The molecule has 170 valence electrons. The minimum Gasteiger partial charge on any atom is -0.497 e. The van der Waals surface area contributed by atoms with Crippen molar-refractivity contribution in [3.05, 3.63) is 84.5 Å². The second kappa shape index (κ2) is 9.13. The number of aryl methyl sites for hydroxylation is 1. The first kappa shape index (κ1) is 22.6. The molecule has 1 N–H and O–H groups in total. The third-order valence-electron chi connectivity index (χ3n) is 5.19. The number of hydrazone groups is 1. The van der Waals surface area contributed by atoms with Crippen LogP contribution in [0.3, 0.4) is 0 Å². The monoisotopic (exact) mass is 486 g/mol. The molecule has 0 bridgehead atoms. The van der Waals surface area contributed by atoms with E-state index in [2.05, 4.69) is 15.5 Å². The van der Waals surface area contributed by atoms with Gasteiger partial charge in [0.05, 0.1) is 19.9 Å². The van der Waals surface area contributed by atoms with Crippen LogP contribution in [0.1, 0.15) is 11.1 Å². The van der Waals surface area contributed by atoms with Crippen LogP contribution in [0.15, 0.2) is 57.2 Å². The van der Waals surface area contributed by atoms with E-state index in [0.29, 0.717) is 10.0 Å². The van der Waals surface area contributed by atoms with Gasteiger partial charge in [0.2, 0.25) is 5.95 Å². The van der Waals surface area contributed by atoms with E-state index in [0.717, 1.165) is 21.4 Å². The van der Waals surface area contributed by atoms with Crippen molar-refractivity contribution in [3.63, 3.8) is 0 Å². The predicted molar refractivity (Wildman–Crippen MR) is 130 cm³/mol. The Morgan fingerprint density at radius 1 is 1.09 bits per heavy atom. The highest BCUT2D eigenvalue weighted by atomic mass is 35.5. The number of hydrogen-bond acceptors (Lipinski definition) is 6. The lowest BCUT2D eigenvalue weighted by Gasteiger charge is -2.11. The summed E-state index contributed by atoms with van der Waals surface area (Å²) in [5.41, 5.74) is 3.96. The lowest BCUT2D eigenvalue weighted by molar-refractivity contribution is 0.415. The minimum absolute atomic E-state index is 0.209. The molecule has 9 nitrogen and oxygen atoms in total. The summed E-state index contributed by atoms with van der Waals surface area (Å²) >= 11 is 12.4. The molecule has 2 aromatic carbocycles. The van der Waals surface area contributed by atoms with Gasteiger partial charge in [-0.1, -0.05) is 29.3 Å². The van der Waals surface area contributed by atoms with Crippen LogP contribution in [0, 0.1) is 0 Å². The molecule has 0 amide bonds. The van der Waals surface area contributed by atoms with Gasteiger partial charge in [-0.15, -0.1) is 0 Å². The van der Waals surface area contributed by atoms with Crippen molar-refractivity contribution < 1.29 is 4.74 Å². The first-order chi connectivity index (χ1) is 15.8. The second-order valence-electron chi connectivity index (χ2n) is 7.28. The highest BCUT2D eigenvalue weighted by Crippen LogP contribution is 2.25. The maximum Gasteiger partial charge on any atom is 0.332 e. The van der Waals surface area contributed by atoms with Crippen molar-refractivity contribution >= 4 is 46.5 Å². The summed E-state index contributed by atoms with van der Waals surface area (Å²) in [6.45, 7) is 0.209. The topological polar surface area (TPSA) is 95.4 Å². The average Bonchev–Trinajstić information content (AvgIpc) is 3.16. The maximum atomic E-state index is 13.0. The van der Waals surface area contributed by atoms with E-state index in [4.69, 9.17) is 27.9 Å². The fraction of sp³-hybridized carbons (Fsp3) is 0.182. The van der Waals surface area contributed by atoms with E-state index >= 15 is 0 Å². The highest BCUT2D eigenvalue weighted by molar-refractivity contribution is 6.35. The van der Waals surface area contributed by atoms with Crippen LogP contribution in [-0.4, -0.2) is 32.0 Å². The van der Waals surface area contributed by atoms with Gasteiger partial charge in [-0.2, -0.15) is 10.1 Å². The molecule has 0 saturated heterocycles. The molecule has 0 aliphatic heterocycles. The SMILES string of the molecule is COc1ccc(/C=N\Nc2nc3c(c(=O)n(C)c(=O)n3C)n2Cc2ccc(Cl)cc2Cl)cc1. The maximum absolute atomic E-state index is 13.0. The number of ether oxygens (including phenoxy) is 1. The van der Waals surface area contributed by atoms with Gasteiger partial charge < -0.3 is 4.74 Å². The Labute approximate surface area is 198 Å². The van der Waals surface area contributed by atoms with Crippen molar-refractivity contribution in [2.45, 2.75) is 6.54 Å². The summed E-state index contributed by atoms with van der Waals surface area (Å²) in [5.74, 6) is 1.01. The molecule has 33 heavy (non-hydrogen) atoms. The Morgan fingerprint density at radius 2 is 1.82 bits per heavy atom. The third-order valence-corrected chi connectivity index (χ3v) is 5.77. The molecule has 2 aromatic heterocycles. The first-order valence-corrected chi connectivity index (χ1v) is 10.6. The fourth-order valence-corrected chi connectivity index (χ4v) is 3.83. The fourth-order valence-electron chi connectivity index (χ4n) is 3.36. The Morgan fingerprint density at radius 3 is 2.48 bits per heavy atom. The molecule has 2 heterocycles. The summed E-state index contributed by atoms with van der Waals surface area (Å²) in [6.07, 6.45) is 1.61. The molecule has 0 aliphatic rings. The van der Waals surface area contributed by atoms with Gasteiger partial charge in [0.1, 0.15) is 5.75 Å². The van der Waals surface area contributed by atoms with Gasteiger partial charge >= 0.3 is 5.69 Å². The number of methoxy groups -OCH3 is 1. The van der Waals surface area contributed by atoms with E-state index < -0.39 is 11.2 Å². The summed E-state index contributed by atoms with van der Waals surface area (Å²) in [4.78, 5) is 29.9. The van der Waals surface area contributed by atoms with Crippen LogP contribution in [0.4, 0.5) is 5.95 Å². The van der Waals surface area contributed by atoms with Gasteiger partial charge in [-0.25, -0.2) is 10.2 Å². The van der Waals surface area contributed by atoms with Crippen LogP contribution >= 0.6 is 23.2 Å². The Balaban J connectivity index is 1.80. The number of rotatable bonds is 6. The number of halogens is 2. The zero-order chi connectivity index (χ0) is 23.7. The number of nitrogens with zero attached hydrogens (tertiary/aromatic N) is 5. The van der Waals surface area contributed by atoms with E-state index in [-0.39, 0.29) is 23.7 Å². The standard InChI is InChI=1S/C22H20Cl2N6O3/c1-28-19-18(20(31)29(2)22(28)32)30(12-14-6-7-15(23)10-17(14)24)21(26-19)27-25-11-13-4-8-16(33-3)9-5-13/h4-11H,12H2,1-3H3,(H,26,27)/b25-11-. The van der Waals surface area contributed by atoms with Crippen molar-refractivity contribution in [2.24, 2.45) is 19.2 Å². The predicted octanol–water partition coefficient (Wildman–Crippen LogP) is 3.24. The van der Waals surface area contributed by atoms with E-state index in [1.807, 2.05) is 24.3 Å². The molecule has 0 unspecified atom stereocenters. The van der Waals surface area contributed by atoms with Crippen molar-refractivity contribution in [2.75, 3.05) is 12.5 Å². The molecule has 0 aliphatic carbocycles. The average molecular weight is 487 g/mol. The summed E-state index contributed by atoms with van der Waals surface area (Å²) in [7, 11) is 4.58. The van der Waals surface area contributed by atoms with Crippen LogP contribution in [0.2, 0.25) is 10.0 Å². The third kappa shape index (κ3) is 4.37. The Kier molecular flexibility index (Phi) is 6.26. The summed E-state index contributed by atoms with van der Waals surface area (Å²) in [6, 6.07) is 12.4. The summed E-state index contributed by atoms with van der Waals surface area (Å²) in [5, 5.41) is 5.20. The Hall–Kier alpha value is -3.56. The van der Waals surface area contributed by atoms with Crippen LogP contribution < -0.4 is 21.4 Å². The van der Waals surface area contributed by atoms with Crippen molar-refractivity contribution in [1.82, 2.24) is 18.7 Å². The smallest absolute Gasteiger partial charge is 0.332 e. The molecule has 0 spiro atoms. The van der Waals surface area contributed by atoms with Gasteiger partial charge in [0.25, 0.3) is 5.56 Å². The van der Waals surface area contributed by atoms with Crippen LogP contribution in [0.5, 0.6) is 5.75 Å². The van der Waals surface area contributed by atoms with E-state index in [1.165, 1.54) is 11.6 Å². The molecule has 0 atom stereocenters. The molecule has 4 rings (SSSR count). The molecule has 0 radical (unpaired) electrons.